The first-order chi connectivity index (χ1) is 10.5. The quantitative estimate of drug-likeness (QED) is 0.803. The Balaban J connectivity index is 2.12. The van der Waals surface area contributed by atoms with Crippen LogP contribution in [0.3, 0.4) is 0 Å². The highest BCUT2D eigenvalue weighted by atomic mass is 79.9. The Bertz CT molecular complexity index is 725. The lowest BCUT2D eigenvalue weighted by Crippen LogP contribution is -2.26. The van der Waals surface area contributed by atoms with E-state index in [0.717, 1.165) is 15.6 Å². The number of halogens is 1. The summed E-state index contributed by atoms with van der Waals surface area (Å²) in [7, 11) is -3.49. The Morgan fingerprint density at radius 3 is 2.32 bits per heavy atom. The summed E-state index contributed by atoms with van der Waals surface area (Å²) in [4.78, 5) is 0. The predicted molar refractivity (Wildman–Crippen MR) is 94.7 cm³/mol. The molecule has 1 unspecified atom stereocenters. The van der Waals surface area contributed by atoms with E-state index in [0.29, 0.717) is 6.42 Å². The molecule has 0 aliphatic rings. The Labute approximate surface area is 140 Å². The molecule has 0 amide bonds. The predicted octanol–water partition coefficient (Wildman–Crippen LogP) is 4.49. The topological polar surface area (TPSA) is 46.2 Å². The fourth-order valence-corrected chi connectivity index (χ4v) is 3.43. The average molecular weight is 380 g/mol. The summed E-state index contributed by atoms with van der Waals surface area (Å²) in [6, 6.07) is 16.8. The Kier molecular flexibility index (Phi) is 5.94. The Morgan fingerprint density at radius 1 is 1.09 bits per heavy atom. The lowest BCUT2D eigenvalue weighted by molar-refractivity contribution is 0.558. The summed E-state index contributed by atoms with van der Waals surface area (Å²) in [5, 5.41) is 1.21. The molecular formula is C17H18BrNO2S. The van der Waals surface area contributed by atoms with Gasteiger partial charge in [-0.1, -0.05) is 65.3 Å². The van der Waals surface area contributed by atoms with Crippen LogP contribution in [0.4, 0.5) is 0 Å². The van der Waals surface area contributed by atoms with Gasteiger partial charge in [0.15, 0.2) is 0 Å². The average Bonchev–Trinajstić information content (AvgIpc) is 2.53. The van der Waals surface area contributed by atoms with Crippen molar-refractivity contribution in [2.24, 2.45) is 0 Å². The van der Waals surface area contributed by atoms with Crippen molar-refractivity contribution in [2.75, 3.05) is 0 Å². The van der Waals surface area contributed by atoms with E-state index >= 15 is 0 Å². The van der Waals surface area contributed by atoms with Gasteiger partial charge in [-0.25, -0.2) is 13.1 Å². The van der Waals surface area contributed by atoms with Crippen molar-refractivity contribution >= 4 is 32.0 Å². The largest absolute Gasteiger partial charge is 0.234 e. The molecule has 3 nitrogen and oxygen atoms in total. The van der Waals surface area contributed by atoms with Crippen LogP contribution in [0.25, 0.3) is 6.08 Å². The third-order valence-corrected chi connectivity index (χ3v) is 4.86. The normalized spacial score (nSPS) is 13.4. The van der Waals surface area contributed by atoms with E-state index in [1.54, 1.807) is 6.08 Å². The molecule has 0 fully saturated rings. The lowest BCUT2D eigenvalue weighted by Gasteiger charge is -2.16. The highest BCUT2D eigenvalue weighted by Crippen LogP contribution is 2.20. The highest BCUT2D eigenvalue weighted by molar-refractivity contribution is 9.10. The van der Waals surface area contributed by atoms with Crippen LogP contribution >= 0.6 is 15.9 Å². The number of nitrogens with one attached hydrogen (secondary N) is 1. The van der Waals surface area contributed by atoms with E-state index in [4.69, 9.17) is 0 Å². The van der Waals surface area contributed by atoms with Crippen molar-refractivity contribution in [3.05, 3.63) is 75.6 Å². The molecule has 0 spiro atoms. The number of rotatable bonds is 6. The molecule has 22 heavy (non-hydrogen) atoms. The van der Waals surface area contributed by atoms with Crippen LogP contribution in [0.5, 0.6) is 0 Å². The van der Waals surface area contributed by atoms with Crippen molar-refractivity contribution in [3.8, 4) is 0 Å². The summed E-state index contributed by atoms with van der Waals surface area (Å²) in [5.74, 6) is 0. The van der Waals surface area contributed by atoms with Crippen LogP contribution in [0.2, 0.25) is 0 Å². The van der Waals surface area contributed by atoms with Crippen molar-refractivity contribution in [3.63, 3.8) is 0 Å². The maximum atomic E-state index is 12.2. The molecule has 0 radical (unpaired) electrons. The molecule has 0 aromatic heterocycles. The maximum absolute atomic E-state index is 12.2. The minimum atomic E-state index is -3.49. The van der Waals surface area contributed by atoms with E-state index in [9.17, 15) is 8.42 Å². The van der Waals surface area contributed by atoms with Crippen molar-refractivity contribution in [1.29, 1.82) is 0 Å². The van der Waals surface area contributed by atoms with Crippen molar-refractivity contribution < 1.29 is 8.42 Å². The van der Waals surface area contributed by atoms with Crippen LogP contribution < -0.4 is 4.72 Å². The van der Waals surface area contributed by atoms with Crippen molar-refractivity contribution in [2.45, 2.75) is 19.4 Å². The van der Waals surface area contributed by atoms with Crippen LogP contribution in [0.1, 0.15) is 30.5 Å². The summed E-state index contributed by atoms with van der Waals surface area (Å²) in [5.41, 5.74) is 1.80. The van der Waals surface area contributed by atoms with Crippen LogP contribution in [0, 0.1) is 0 Å². The van der Waals surface area contributed by atoms with Gasteiger partial charge in [0.05, 0.1) is 0 Å². The third kappa shape index (κ3) is 5.09. The molecule has 2 rings (SSSR count). The van der Waals surface area contributed by atoms with Gasteiger partial charge in [0, 0.05) is 15.9 Å². The minimum Gasteiger partial charge on any atom is -0.208 e. The van der Waals surface area contributed by atoms with Crippen LogP contribution in [0.15, 0.2) is 64.5 Å². The van der Waals surface area contributed by atoms with Gasteiger partial charge in [-0.3, -0.25) is 0 Å². The standard InChI is InChI=1S/C17H18BrNO2S/c1-2-17(15-8-10-16(18)11-9-15)19-22(20,21)13-12-14-6-4-3-5-7-14/h3-13,17,19H,2H2,1H3/b13-12+. The molecule has 0 saturated heterocycles. The zero-order valence-corrected chi connectivity index (χ0v) is 14.6. The number of sulfonamides is 1. The summed E-state index contributed by atoms with van der Waals surface area (Å²) >= 11 is 3.38. The second-order valence-corrected chi connectivity index (χ2v) is 7.40. The maximum Gasteiger partial charge on any atom is 0.234 e. The molecule has 0 bridgehead atoms. The van der Waals surface area contributed by atoms with E-state index in [2.05, 4.69) is 20.7 Å². The molecule has 0 aliphatic heterocycles. The number of hydrogen-bond donors (Lipinski definition) is 1. The monoisotopic (exact) mass is 379 g/mol. The first-order valence-electron chi connectivity index (χ1n) is 7.01. The van der Waals surface area contributed by atoms with Crippen LogP contribution in [-0.2, 0) is 10.0 Å². The van der Waals surface area contributed by atoms with Gasteiger partial charge in [0.1, 0.15) is 0 Å². The minimum absolute atomic E-state index is 0.237. The first kappa shape index (κ1) is 16.9. The van der Waals surface area contributed by atoms with Gasteiger partial charge < -0.3 is 0 Å². The number of hydrogen-bond acceptors (Lipinski definition) is 2. The Morgan fingerprint density at radius 2 is 1.73 bits per heavy atom. The van der Waals surface area contributed by atoms with E-state index in [1.165, 1.54) is 5.41 Å². The zero-order valence-electron chi connectivity index (χ0n) is 12.2. The second-order valence-electron chi connectivity index (χ2n) is 4.89. The molecular weight excluding hydrogens is 362 g/mol. The van der Waals surface area contributed by atoms with Crippen molar-refractivity contribution in [1.82, 2.24) is 4.72 Å². The fourth-order valence-electron chi connectivity index (χ4n) is 2.05. The molecule has 116 valence electrons. The summed E-state index contributed by atoms with van der Waals surface area (Å²) in [6.45, 7) is 1.95. The molecule has 2 aromatic carbocycles. The fraction of sp³-hybridized carbons (Fsp3) is 0.176. The van der Waals surface area contributed by atoms with Gasteiger partial charge in [-0.05, 0) is 35.8 Å². The van der Waals surface area contributed by atoms with Gasteiger partial charge >= 0.3 is 0 Å². The van der Waals surface area contributed by atoms with Crippen LogP contribution in [-0.4, -0.2) is 8.42 Å². The molecule has 1 N–H and O–H groups in total. The van der Waals surface area contributed by atoms with E-state index in [-0.39, 0.29) is 6.04 Å². The molecule has 2 aromatic rings. The first-order valence-corrected chi connectivity index (χ1v) is 9.35. The Hall–Kier alpha value is -1.43. The molecule has 0 aliphatic carbocycles. The zero-order chi connectivity index (χ0) is 16.0. The van der Waals surface area contributed by atoms with Gasteiger partial charge in [0.2, 0.25) is 10.0 Å². The SMILES string of the molecule is CCC(NS(=O)(=O)/C=C/c1ccccc1)c1ccc(Br)cc1. The molecule has 5 heteroatoms. The highest BCUT2D eigenvalue weighted by Gasteiger charge is 2.15. The molecule has 0 heterocycles. The smallest absolute Gasteiger partial charge is 0.208 e. The second kappa shape index (κ2) is 7.72. The molecule has 0 saturated carbocycles. The molecule has 1 atom stereocenters. The number of benzene rings is 2. The lowest BCUT2D eigenvalue weighted by atomic mass is 10.1. The van der Waals surface area contributed by atoms with E-state index in [1.807, 2.05) is 61.5 Å². The van der Waals surface area contributed by atoms with E-state index < -0.39 is 10.0 Å². The van der Waals surface area contributed by atoms with Gasteiger partial charge in [-0.15, -0.1) is 0 Å². The van der Waals surface area contributed by atoms with Gasteiger partial charge in [-0.2, -0.15) is 0 Å². The summed E-state index contributed by atoms with van der Waals surface area (Å²) in [6.07, 6.45) is 2.27. The summed E-state index contributed by atoms with van der Waals surface area (Å²) < 4.78 is 28.1. The van der Waals surface area contributed by atoms with Gasteiger partial charge in [0.25, 0.3) is 0 Å². The third-order valence-electron chi connectivity index (χ3n) is 3.23.